The molecule has 2 aliphatic heterocycles. The number of likely N-dealkylation sites (tertiary alicyclic amines) is 1. The van der Waals surface area contributed by atoms with Crippen LogP contribution in [-0.2, 0) is 23.8 Å². The Morgan fingerprint density at radius 1 is 1.33 bits per heavy atom. The highest BCUT2D eigenvalue weighted by Crippen LogP contribution is 2.19. The van der Waals surface area contributed by atoms with Crippen molar-refractivity contribution in [2.45, 2.75) is 18.9 Å². The highest BCUT2D eigenvalue weighted by Gasteiger charge is 2.33. The van der Waals surface area contributed by atoms with Gasteiger partial charge in [0.25, 0.3) is 5.91 Å². The van der Waals surface area contributed by atoms with Gasteiger partial charge in [0.1, 0.15) is 0 Å². The van der Waals surface area contributed by atoms with Crippen LogP contribution in [0.25, 0.3) is 0 Å². The first-order chi connectivity index (χ1) is 8.72. The Kier molecular flexibility index (Phi) is 4.54. The lowest BCUT2D eigenvalue weighted by Gasteiger charge is -2.34. The molecule has 6 nitrogen and oxygen atoms in total. The van der Waals surface area contributed by atoms with Crippen LogP contribution in [0.2, 0.25) is 0 Å². The van der Waals surface area contributed by atoms with E-state index in [4.69, 9.17) is 14.2 Å². The molecule has 0 N–H and O–H groups in total. The molecule has 0 bridgehead atoms. The van der Waals surface area contributed by atoms with Crippen LogP contribution < -0.4 is 0 Å². The minimum Gasteiger partial charge on any atom is -0.469 e. The highest BCUT2D eigenvalue weighted by atomic mass is 16.6. The monoisotopic (exact) mass is 257 g/mol. The Bertz CT molecular complexity index is 314. The lowest BCUT2D eigenvalue weighted by molar-refractivity contribution is -0.161. The number of hydrogen-bond acceptors (Lipinski definition) is 5. The van der Waals surface area contributed by atoms with Crippen molar-refractivity contribution in [1.82, 2.24) is 4.90 Å². The first-order valence-corrected chi connectivity index (χ1v) is 6.28. The van der Waals surface area contributed by atoms with Crippen molar-refractivity contribution in [1.29, 1.82) is 0 Å². The minimum atomic E-state index is -0.518. The predicted octanol–water partition coefficient (Wildman–Crippen LogP) is -0.187. The number of carbonyl (C=O) groups excluding carboxylic acids is 2. The molecular formula is C12H19NO5. The summed E-state index contributed by atoms with van der Waals surface area (Å²) in [6.45, 7) is 2.38. The van der Waals surface area contributed by atoms with Crippen LogP contribution >= 0.6 is 0 Å². The van der Waals surface area contributed by atoms with Gasteiger partial charge in [-0.2, -0.15) is 0 Å². The van der Waals surface area contributed by atoms with Crippen molar-refractivity contribution in [3.63, 3.8) is 0 Å². The second-order valence-corrected chi connectivity index (χ2v) is 4.58. The summed E-state index contributed by atoms with van der Waals surface area (Å²) in [5, 5.41) is 0. The number of hydrogen-bond donors (Lipinski definition) is 0. The molecule has 102 valence electrons. The Morgan fingerprint density at radius 3 is 2.83 bits per heavy atom. The summed E-state index contributed by atoms with van der Waals surface area (Å²) >= 11 is 0. The number of piperidine rings is 1. The van der Waals surface area contributed by atoms with Gasteiger partial charge in [-0.1, -0.05) is 0 Å². The van der Waals surface area contributed by atoms with Crippen molar-refractivity contribution in [3.8, 4) is 0 Å². The van der Waals surface area contributed by atoms with Crippen molar-refractivity contribution in [2.24, 2.45) is 5.92 Å². The first-order valence-electron chi connectivity index (χ1n) is 6.28. The lowest BCUT2D eigenvalue weighted by atomic mass is 9.98. The summed E-state index contributed by atoms with van der Waals surface area (Å²) in [6, 6.07) is 0. The summed E-state index contributed by atoms with van der Waals surface area (Å²) in [4.78, 5) is 25.4. The van der Waals surface area contributed by atoms with Gasteiger partial charge in [0.05, 0.1) is 32.8 Å². The maximum absolute atomic E-state index is 12.2. The molecule has 2 fully saturated rings. The zero-order valence-corrected chi connectivity index (χ0v) is 10.6. The van der Waals surface area contributed by atoms with Gasteiger partial charge in [-0.15, -0.1) is 0 Å². The summed E-state index contributed by atoms with van der Waals surface area (Å²) in [7, 11) is 1.38. The Hall–Kier alpha value is -1.14. The molecule has 2 saturated heterocycles. The number of methoxy groups -OCH3 is 1. The first kappa shape index (κ1) is 13.3. The summed E-state index contributed by atoms with van der Waals surface area (Å²) in [5.74, 6) is -0.533. The van der Waals surface area contributed by atoms with Crippen LogP contribution in [0.4, 0.5) is 0 Å². The smallest absolute Gasteiger partial charge is 0.310 e. The number of carbonyl (C=O) groups is 2. The van der Waals surface area contributed by atoms with E-state index >= 15 is 0 Å². The van der Waals surface area contributed by atoms with Gasteiger partial charge < -0.3 is 19.1 Å². The second kappa shape index (κ2) is 6.15. The van der Waals surface area contributed by atoms with E-state index in [1.165, 1.54) is 7.11 Å². The average Bonchev–Trinajstić information content (AvgIpc) is 2.46. The SMILES string of the molecule is COC(=O)[C@H]1CCCN(C(=O)C2COCCO2)C1. The quantitative estimate of drug-likeness (QED) is 0.642. The highest BCUT2D eigenvalue weighted by molar-refractivity contribution is 5.82. The lowest BCUT2D eigenvalue weighted by Crippen LogP contribution is -2.50. The van der Waals surface area contributed by atoms with E-state index < -0.39 is 6.10 Å². The van der Waals surface area contributed by atoms with Gasteiger partial charge in [0, 0.05) is 13.1 Å². The Morgan fingerprint density at radius 2 is 2.17 bits per heavy atom. The predicted molar refractivity (Wildman–Crippen MR) is 61.9 cm³/mol. The topological polar surface area (TPSA) is 65.1 Å². The average molecular weight is 257 g/mol. The van der Waals surface area contributed by atoms with E-state index in [0.29, 0.717) is 32.9 Å². The molecular weight excluding hydrogens is 238 g/mol. The van der Waals surface area contributed by atoms with Crippen LogP contribution in [-0.4, -0.2) is 62.9 Å². The van der Waals surface area contributed by atoms with Crippen LogP contribution in [0.1, 0.15) is 12.8 Å². The maximum atomic E-state index is 12.2. The molecule has 0 aromatic heterocycles. The van der Waals surface area contributed by atoms with Gasteiger partial charge in [0.15, 0.2) is 6.10 Å². The van der Waals surface area contributed by atoms with Crippen molar-refractivity contribution in [2.75, 3.05) is 40.0 Å². The van der Waals surface area contributed by atoms with E-state index in [0.717, 1.165) is 12.8 Å². The molecule has 18 heavy (non-hydrogen) atoms. The van der Waals surface area contributed by atoms with Gasteiger partial charge in [-0.3, -0.25) is 9.59 Å². The molecule has 6 heteroatoms. The van der Waals surface area contributed by atoms with E-state index in [1.54, 1.807) is 4.90 Å². The number of rotatable bonds is 2. The van der Waals surface area contributed by atoms with Crippen molar-refractivity contribution < 1.29 is 23.8 Å². The van der Waals surface area contributed by atoms with Crippen molar-refractivity contribution >= 4 is 11.9 Å². The molecule has 0 saturated carbocycles. The largest absolute Gasteiger partial charge is 0.469 e. The minimum absolute atomic E-state index is 0.0803. The van der Waals surface area contributed by atoms with Gasteiger partial charge in [-0.25, -0.2) is 0 Å². The fraction of sp³-hybridized carbons (Fsp3) is 0.833. The maximum Gasteiger partial charge on any atom is 0.310 e. The van der Waals surface area contributed by atoms with Crippen LogP contribution in [0, 0.1) is 5.92 Å². The zero-order valence-electron chi connectivity index (χ0n) is 10.6. The van der Waals surface area contributed by atoms with Crippen LogP contribution in [0.15, 0.2) is 0 Å². The molecule has 0 spiro atoms. The molecule has 0 radical (unpaired) electrons. The molecule has 1 amide bonds. The molecule has 2 heterocycles. The molecule has 0 aromatic rings. The third kappa shape index (κ3) is 3.00. The third-order valence-electron chi connectivity index (χ3n) is 3.36. The summed E-state index contributed by atoms with van der Waals surface area (Å²) in [6.07, 6.45) is 1.08. The van der Waals surface area contributed by atoms with E-state index in [2.05, 4.69) is 0 Å². The Labute approximate surface area is 106 Å². The fourth-order valence-corrected chi connectivity index (χ4v) is 2.37. The number of esters is 1. The van der Waals surface area contributed by atoms with E-state index in [9.17, 15) is 9.59 Å². The number of ether oxygens (including phenoxy) is 3. The zero-order chi connectivity index (χ0) is 13.0. The van der Waals surface area contributed by atoms with Crippen LogP contribution in [0.3, 0.4) is 0 Å². The molecule has 1 unspecified atom stereocenters. The summed E-state index contributed by atoms with van der Waals surface area (Å²) < 4.78 is 15.3. The standard InChI is InChI=1S/C12H19NO5/c1-16-12(15)9-3-2-4-13(7-9)11(14)10-8-17-5-6-18-10/h9-10H,2-8H2,1H3/t9-,10?/m0/s1. The normalized spacial score (nSPS) is 28.8. The number of amides is 1. The van der Waals surface area contributed by atoms with E-state index in [1.807, 2.05) is 0 Å². The molecule has 2 rings (SSSR count). The second-order valence-electron chi connectivity index (χ2n) is 4.58. The molecule has 0 aromatic carbocycles. The fourth-order valence-electron chi connectivity index (χ4n) is 2.37. The van der Waals surface area contributed by atoms with Gasteiger partial charge >= 0.3 is 5.97 Å². The molecule has 2 atom stereocenters. The van der Waals surface area contributed by atoms with Crippen molar-refractivity contribution in [3.05, 3.63) is 0 Å². The Balaban J connectivity index is 1.91. The molecule has 0 aliphatic carbocycles. The van der Waals surface area contributed by atoms with Crippen LogP contribution in [0.5, 0.6) is 0 Å². The van der Waals surface area contributed by atoms with Gasteiger partial charge in [0.2, 0.25) is 0 Å². The third-order valence-corrected chi connectivity index (χ3v) is 3.36. The van der Waals surface area contributed by atoms with E-state index in [-0.39, 0.29) is 17.8 Å². The summed E-state index contributed by atoms with van der Waals surface area (Å²) in [5.41, 5.74) is 0. The molecule has 2 aliphatic rings. The van der Waals surface area contributed by atoms with Gasteiger partial charge in [-0.05, 0) is 12.8 Å². The number of nitrogens with zero attached hydrogens (tertiary/aromatic N) is 1.